The summed E-state index contributed by atoms with van der Waals surface area (Å²) < 4.78 is 0. The molecule has 10 heavy (non-hydrogen) atoms. The molecule has 1 aliphatic rings. The van der Waals surface area contributed by atoms with Gasteiger partial charge in [-0.1, -0.05) is 19.8 Å². The summed E-state index contributed by atoms with van der Waals surface area (Å²) in [5.74, 6) is 0.732. The summed E-state index contributed by atoms with van der Waals surface area (Å²) in [6, 6.07) is 0.543. The van der Waals surface area contributed by atoms with Crippen molar-refractivity contribution >= 4 is 8.96 Å². The van der Waals surface area contributed by atoms with E-state index >= 15 is 0 Å². The molecule has 3 atom stereocenters. The first-order valence-electron chi connectivity index (χ1n) is 4.04. The fourth-order valence-corrected chi connectivity index (χ4v) is 2.32. The fourth-order valence-electron chi connectivity index (χ4n) is 1.65. The normalized spacial score (nSPS) is 35.4. The minimum absolute atomic E-state index is 0.543. The molecular weight excluding hydrogens is 145 g/mol. The Hall–Kier alpha value is 0.350. The third-order valence-corrected chi connectivity index (χ3v) is 2.96. The molecule has 60 valence electrons. The average Bonchev–Trinajstić information content (AvgIpc) is 1.94. The van der Waals surface area contributed by atoms with Crippen molar-refractivity contribution in [1.82, 2.24) is 5.09 Å². The Bertz CT molecular complexity index is 97.6. The van der Waals surface area contributed by atoms with Gasteiger partial charge in [-0.3, -0.25) is 0 Å². The molecule has 0 aromatic carbocycles. The lowest BCUT2D eigenvalue weighted by molar-refractivity contribution is -0.153. The van der Waals surface area contributed by atoms with Crippen molar-refractivity contribution in [2.45, 2.75) is 38.6 Å². The molecule has 0 spiro atoms. The summed E-state index contributed by atoms with van der Waals surface area (Å²) in [5.41, 5.74) is 0. The Kier molecular flexibility index (Phi) is 3.61. The van der Waals surface area contributed by atoms with Gasteiger partial charge in [-0.15, -0.1) is 0 Å². The van der Waals surface area contributed by atoms with Gasteiger partial charge in [0.2, 0.25) is 0 Å². The molecule has 0 bridgehead atoms. The van der Waals surface area contributed by atoms with Crippen molar-refractivity contribution in [2.75, 3.05) is 0 Å². The van der Waals surface area contributed by atoms with Gasteiger partial charge >= 0.3 is 0 Å². The van der Waals surface area contributed by atoms with Crippen LogP contribution in [0.2, 0.25) is 0 Å². The first kappa shape index (κ1) is 8.45. The SMILES string of the molecule is CC1CCCCC1N[PH2+][O-]. The van der Waals surface area contributed by atoms with Crippen LogP contribution in [0.4, 0.5) is 0 Å². The summed E-state index contributed by atoms with van der Waals surface area (Å²) in [7, 11) is -0.744. The van der Waals surface area contributed by atoms with E-state index in [9.17, 15) is 4.89 Å². The Morgan fingerprint density at radius 3 is 2.70 bits per heavy atom. The van der Waals surface area contributed by atoms with E-state index in [2.05, 4.69) is 12.0 Å². The average molecular weight is 161 g/mol. The van der Waals surface area contributed by atoms with Gasteiger partial charge in [0.1, 0.15) is 0 Å². The highest BCUT2D eigenvalue weighted by atomic mass is 31.1. The molecule has 1 saturated carbocycles. The number of hydrogen-bond acceptors (Lipinski definition) is 2. The molecule has 1 rings (SSSR count). The van der Waals surface area contributed by atoms with Gasteiger partial charge in [-0.25, -0.2) is 0 Å². The minimum atomic E-state index is -0.744. The molecule has 3 heteroatoms. The number of hydrogen-bond donors (Lipinski definition) is 1. The van der Waals surface area contributed by atoms with Crippen LogP contribution in [0.1, 0.15) is 32.6 Å². The van der Waals surface area contributed by atoms with Crippen molar-refractivity contribution in [2.24, 2.45) is 5.92 Å². The Labute approximate surface area is 64.3 Å². The van der Waals surface area contributed by atoms with Gasteiger partial charge in [-0.2, -0.15) is 5.09 Å². The topological polar surface area (TPSA) is 35.1 Å². The molecule has 0 saturated heterocycles. The van der Waals surface area contributed by atoms with Gasteiger partial charge in [0, 0.05) is 15.0 Å². The molecule has 1 fully saturated rings. The summed E-state index contributed by atoms with van der Waals surface area (Å²) in [4.78, 5) is 10.3. The van der Waals surface area contributed by atoms with Gasteiger partial charge in [-0.05, 0) is 18.8 Å². The van der Waals surface area contributed by atoms with Crippen molar-refractivity contribution < 1.29 is 4.89 Å². The highest BCUT2D eigenvalue weighted by molar-refractivity contribution is 7.26. The zero-order valence-corrected chi connectivity index (χ0v) is 7.62. The monoisotopic (exact) mass is 161 g/mol. The lowest BCUT2D eigenvalue weighted by Crippen LogP contribution is -2.33. The highest BCUT2D eigenvalue weighted by Crippen LogP contribution is 2.24. The third-order valence-electron chi connectivity index (χ3n) is 2.39. The van der Waals surface area contributed by atoms with Crippen LogP contribution in [0.5, 0.6) is 0 Å². The number of nitrogens with one attached hydrogen (secondary N) is 1. The van der Waals surface area contributed by atoms with Gasteiger partial charge in [0.15, 0.2) is 0 Å². The molecule has 3 unspecified atom stereocenters. The molecule has 2 nitrogen and oxygen atoms in total. The Balaban J connectivity index is 2.25. The van der Waals surface area contributed by atoms with E-state index in [4.69, 9.17) is 0 Å². The quantitative estimate of drug-likeness (QED) is 0.607. The molecule has 0 amide bonds. The van der Waals surface area contributed by atoms with E-state index in [1.54, 1.807) is 0 Å². The smallest absolute Gasteiger partial charge is 0.0432 e. The van der Waals surface area contributed by atoms with E-state index < -0.39 is 8.96 Å². The second-order valence-corrected chi connectivity index (χ2v) is 3.72. The molecule has 0 aromatic heterocycles. The van der Waals surface area contributed by atoms with E-state index in [1.807, 2.05) is 0 Å². The van der Waals surface area contributed by atoms with Gasteiger partial charge in [0.05, 0.1) is 0 Å². The van der Waals surface area contributed by atoms with E-state index in [1.165, 1.54) is 25.7 Å². The van der Waals surface area contributed by atoms with Crippen LogP contribution < -0.4 is 9.98 Å². The molecular formula is C7H16NOP. The molecule has 0 aliphatic heterocycles. The van der Waals surface area contributed by atoms with Crippen molar-refractivity contribution in [3.63, 3.8) is 0 Å². The van der Waals surface area contributed by atoms with Crippen LogP contribution in [-0.4, -0.2) is 6.04 Å². The van der Waals surface area contributed by atoms with Crippen LogP contribution in [0, 0.1) is 5.92 Å². The van der Waals surface area contributed by atoms with Gasteiger partial charge < -0.3 is 4.89 Å². The standard InChI is InChI=1S/C7H16NOP/c1-6-4-2-3-5-7(6)8-10-9/h6-8H,2-5,10H2,1H3. The van der Waals surface area contributed by atoms with E-state index in [0.29, 0.717) is 6.04 Å². The predicted molar refractivity (Wildman–Crippen MR) is 44.3 cm³/mol. The first-order chi connectivity index (χ1) is 4.84. The van der Waals surface area contributed by atoms with Crippen molar-refractivity contribution in [3.8, 4) is 0 Å². The summed E-state index contributed by atoms with van der Waals surface area (Å²) in [5, 5.41) is 3.06. The maximum atomic E-state index is 10.3. The molecule has 1 aliphatic carbocycles. The number of rotatable bonds is 2. The Morgan fingerprint density at radius 2 is 2.10 bits per heavy atom. The van der Waals surface area contributed by atoms with Crippen LogP contribution in [0.25, 0.3) is 0 Å². The van der Waals surface area contributed by atoms with Crippen molar-refractivity contribution in [1.29, 1.82) is 0 Å². The second-order valence-electron chi connectivity index (χ2n) is 3.15. The van der Waals surface area contributed by atoms with Crippen LogP contribution in [-0.2, 0) is 0 Å². The summed E-state index contributed by atoms with van der Waals surface area (Å²) in [6.45, 7) is 2.24. The lowest BCUT2D eigenvalue weighted by atomic mass is 9.87. The zero-order chi connectivity index (χ0) is 7.40. The second kappa shape index (κ2) is 4.27. The molecule has 0 heterocycles. The fraction of sp³-hybridized carbons (Fsp3) is 1.00. The maximum Gasteiger partial charge on any atom is 0.0432 e. The predicted octanol–water partition coefficient (Wildman–Crippen LogP) is 0.756. The zero-order valence-electron chi connectivity index (χ0n) is 6.47. The molecule has 0 aromatic rings. The Morgan fingerprint density at radius 1 is 1.40 bits per heavy atom. The van der Waals surface area contributed by atoms with E-state index in [-0.39, 0.29) is 0 Å². The van der Waals surface area contributed by atoms with E-state index in [0.717, 1.165) is 5.92 Å². The maximum absolute atomic E-state index is 10.3. The summed E-state index contributed by atoms with van der Waals surface area (Å²) in [6.07, 6.45) is 5.18. The van der Waals surface area contributed by atoms with Crippen LogP contribution in [0.15, 0.2) is 0 Å². The third kappa shape index (κ3) is 2.19. The van der Waals surface area contributed by atoms with Crippen LogP contribution >= 0.6 is 8.96 Å². The highest BCUT2D eigenvalue weighted by Gasteiger charge is 2.20. The lowest BCUT2D eigenvalue weighted by Gasteiger charge is -2.27. The van der Waals surface area contributed by atoms with Gasteiger partial charge in [0.25, 0.3) is 0 Å². The molecule has 0 radical (unpaired) electrons. The minimum Gasteiger partial charge on any atom is -0.669 e. The first-order valence-corrected chi connectivity index (χ1v) is 5.09. The van der Waals surface area contributed by atoms with Crippen molar-refractivity contribution in [3.05, 3.63) is 0 Å². The van der Waals surface area contributed by atoms with Crippen LogP contribution in [0.3, 0.4) is 0 Å². The molecule has 1 N–H and O–H groups in total. The summed E-state index contributed by atoms with van der Waals surface area (Å²) >= 11 is 0. The largest absolute Gasteiger partial charge is 0.669 e.